The Kier molecular flexibility index (Phi) is 8.78. The Labute approximate surface area is 195 Å². The van der Waals surface area contributed by atoms with E-state index in [1.807, 2.05) is 11.0 Å². The lowest BCUT2D eigenvalue weighted by Crippen LogP contribution is -2.37. The minimum atomic E-state index is -0.0903. The molecule has 2 fully saturated rings. The Bertz CT molecular complexity index is 815. The van der Waals surface area contributed by atoms with E-state index in [9.17, 15) is 9.59 Å². The third kappa shape index (κ3) is 6.94. The summed E-state index contributed by atoms with van der Waals surface area (Å²) in [6.07, 6.45) is 5.82. The van der Waals surface area contributed by atoms with E-state index in [1.54, 1.807) is 23.1 Å². The zero-order valence-corrected chi connectivity index (χ0v) is 19.9. The third-order valence-electron chi connectivity index (χ3n) is 6.14. The van der Waals surface area contributed by atoms with E-state index < -0.39 is 0 Å². The monoisotopic (exact) mass is 466 g/mol. The molecule has 1 unspecified atom stereocenters. The lowest BCUT2D eigenvalue weighted by atomic mass is 10.2. The van der Waals surface area contributed by atoms with Crippen LogP contribution in [0, 0.1) is 0 Å². The molecule has 2 aliphatic rings. The average Bonchev–Trinajstić information content (AvgIpc) is 3.14. The summed E-state index contributed by atoms with van der Waals surface area (Å²) in [5.74, 6) is 0.0452. The molecule has 170 valence electrons. The molecule has 0 radical (unpaired) electrons. The highest BCUT2D eigenvalue weighted by Crippen LogP contribution is 2.23. The Hall–Kier alpha value is -1.60. The molecule has 31 heavy (non-hydrogen) atoms. The fraction of sp³-hybridized carbons (Fsp3) is 0.565. The number of likely N-dealkylation sites (tertiary alicyclic amines) is 1. The first-order chi connectivity index (χ1) is 14.8. The molecule has 2 amide bonds. The highest BCUT2D eigenvalue weighted by atomic mass is 35.5. The smallest absolute Gasteiger partial charge is 0.246 e. The number of hydrogen-bond donors (Lipinski definition) is 0. The van der Waals surface area contributed by atoms with Crippen LogP contribution in [0.1, 0.15) is 24.8 Å². The summed E-state index contributed by atoms with van der Waals surface area (Å²) >= 11 is 12.0. The summed E-state index contributed by atoms with van der Waals surface area (Å²) in [5.41, 5.74) is 0.814. The Morgan fingerprint density at radius 1 is 1.13 bits per heavy atom. The molecular formula is C23H32Cl2N4O2. The van der Waals surface area contributed by atoms with Crippen molar-refractivity contribution in [1.29, 1.82) is 0 Å². The number of carbonyl (C=O) groups is 2. The number of amides is 2. The van der Waals surface area contributed by atoms with Gasteiger partial charge in [0.2, 0.25) is 11.8 Å². The molecule has 0 spiro atoms. The van der Waals surface area contributed by atoms with Crippen molar-refractivity contribution in [1.82, 2.24) is 19.6 Å². The lowest BCUT2D eigenvalue weighted by molar-refractivity contribution is -0.130. The normalized spacial score (nSPS) is 20.8. The van der Waals surface area contributed by atoms with E-state index in [0.717, 1.165) is 38.2 Å². The highest BCUT2D eigenvalue weighted by Gasteiger charge is 2.25. The summed E-state index contributed by atoms with van der Waals surface area (Å²) in [6.45, 7) is 5.61. The summed E-state index contributed by atoms with van der Waals surface area (Å²) < 4.78 is 0. The molecule has 3 rings (SSSR count). The van der Waals surface area contributed by atoms with Crippen LogP contribution in [0.3, 0.4) is 0 Å². The van der Waals surface area contributed by atoms with Crippen LogP contribution >= 0.6 is 23.2 Å². The molecule has 0 aromatic heterocycles. The fourth-order valence-corrected chi connectivity index (χ4v) is 4.44. The first-order valence-electron chi connectivity index (χ1n) is 10.9. The van der Waals surface area contributed by atoms with Crippen molar-refractivity contribution in [2.75, 3.05) is 59.9 Å². The second-order valence-corrected chi connectivity index (χ2v) is 9.34. The van der Waals surface area contributed by atoms with Crippen molar-refractivity contribution in [2.45, 2.75) is 25.3 Å². The Morgan fingerprint density at radius 3 is 2.65 bits per heavy atom. The summed E-state index contributed by atoms with van der Waals surface area (Å²) in [7, 11) is 4.27. The molecule has 0 bridgehead atoms. The highest BCUT2D eigenvalue weighted by molar-refractivity contribution is 6.42. The second kappa shape index (κ2) is 11.3. The SMILES string of the molecule is CN(C)C1CCN(CCCN2CCN(C(=O)/C=C/c3ccc(Cl)c(Cl)c3)CCC2=O)C1. The lowest BCUT2D eigenvalue weighted by Gasteiger charge is -2.24. The van der Waals surface area contributed by atoms with Gasteiger partial charge in [0.05, 0.1) is 10.0 Å². The Morgan fingerprint density at radius 2 is 1.94 bits per heavy atom. The van der Waals surface area contributed by atoms with Crippen LogP contribution in [0.5, 0.6) is 0 Å². The molecule has 1 aromatic rings. The summed E-state index contributed by atoms with van der Waals surface area (Å²) in [6, 6.07) is 5.88. The Balaban J connectivity index is 1.45. The molecular weight excluding hydrogens is 435 g/mol. The molecule has 8 heteroatoms. The van der Waals surface area contributed by atoms with Gasteiger partial charge in [0, 0.05) is 51.3 Å². The van der Waals surface area contributed by atoms with Crippen molar-refractivity contribution in [2.24, 2.45) is 0 Å². The maximum atomic E-state index is 12.6. The zero-order chi connectivity index (χ0) is 22.4. The summed E-state index contributed by atoms with van der Waals surface area (Å²) in [4.78, 5) is 33.6. The van der Waals surface area contributed by atoms with Gasteiger partial charge in [-0.1, -0.05) is 29.3 Å². The number of rotatable bonds is 7. The van der Waals surface area contributed by atoms with Gasteiger partial charge in [-0.15, -0.1) is 0 Å². The van der Waals surface area contributed by atoms with Gasteiger partial charge in [0.25, 0.3) is 0 Å². The van der Waals surface area contributed by atoms with Gasteiger partial charge in [-0.2, -0.15) is 0 Å². The quantitative estimate of drug-likeness (QED) is 0.579. The van der Waals surface area contributed by atoms with E-state index in [-0.39, 0.29) is 11.8 Å². The first kappa shape index (κ1) is 24.1. The van der Waals surface area contributed by atoms with Crippen LogP contribution in [-0.4, -0.2) is 97.4 Å². The molecule has 1 aromatic carbocycles. The number of carbonyl (C=O) groups excluding carboxylic acids is 2. The predicted octanol–water partition coefficient (Wildman–Crippen LogP) is 3.09. The number of nitrogens with zero attached hydrogens (tertiary/aromatic N) is 4. The van der Waals surface area contributed by atoms with Gasteiger partial charge < -0.3 is 19.6 Å². The van der Waals surface area contributed by atoms with Crippen molar-refractivity contribution < 1.29 is 9.59 Å². The van der Waals surface area contributed by atoms with Gasteiger partial charge in [0.1, 0.15) is 0 Å². The van der Waals surface area contributed by atoms with Gasteiger partial charge in [-0.05, 0) is 63.8 Å². The van der Waals surface area contributed by atoms with E-state index in [2.05, 4.69) is 23.9 Å². The molecule has 0 N–H and O–H groups in total. The van der Waals surface area contributed by atoms with Gasteiger partial charge in [-0.25, -0.2) is 0 Å². The third-order valence-corrected chi connectivity index (χ3v) is 6.88. The standard InChI is InChI=1S/C23H32Cl2N4O2/c1-26(2)19-8-12-27(17-19)10-3-11-28-14-15-29(13-9-23(28)31)22(30)7-5-18-4-6-20(24)21(25)16-18/h4-7,16,19H,3,8-15,17H2,1-2H3/b7-5+. The fourth-order valence-electron chi connectivity index (χ4n) is 4.13. The largest absolute Gasteiger partial charge is 0.341 e. The van der Waals surface area contributed by atoms with E-state index in [0.29, 0.717) is 42.1 Å². The first-order valence-corrected chi connectivity index (χ1v) is 11.7. The molecule has 0 saturated carbocycles. The summed E-state index contributed by atoms with van der Waals surface area (Å²) in [5, 5.41) is 0.942. The number of benzene rings is 1. The van der Waals surface area contributed by atoms with Gasteiger partial charge in [0.15, 0.2) is 0 Å². The number of hydrogen-bond acceptors (Lipinski definition) is 4. The molecule has 2 aliphatic heterocycles. The van der Waals surface area contributed by atoms with Crippen LogP contribution < -0.4 is 0 Å². The van der Waals surface area contributed by atoms with Crippen LogP contribution in [0.15, 0.2) is 24.3 Å². The van der Waals surface area contributed by atoms with Crippen molar-refractivity contribution >= 4 is 41.1 Å². The molecule has 1 atom stereocenters. The van der Waals surface area contributed by atoms with Crippen LogP contribution in [-0.2, 0) is 9.59 Å². The van der Waals surface area contributed by atoms with Gasteiger partial charge >= 0.3 is 0 Å². The average molecular weight is 467 g/mol. The van der Waals surface area contributed by atoms with Crippen molar-refractivity contribution in [3.05, 3.63) is 39.9 Å². The number of halogens is 2. The zero-order valence-electron chi connectivity index (χ0n) is 18.4. The van der Waals surface area contributed by atoms with E-state index >= 15 is 0 Å². The van der Waals surface area contributed by atoms with Crippen molar-refractivity contribution in [3.8, 4) is 0 Å². The second-order valence-electron chi connectivity index (χ2n) is 8.52. The predicted molar refractivity (Wildman–Crippen MR) is 126 cm³/mol. The molecule has 2 saturated heterocycles. The minimum Gasteiger partial charge on any atom is -0.341 e. The topological polar surface area (TPSA) is 47.1 Å². The number of likely N-dealkylation sites (N-methyl/N-ethyl adjacent to an activating group) is 1. The molecule has 2 heterocycles. The molecule has 0 aliphatic carbocycles. The van der Waals surface area contributed by atoms with E-state index in [1.165, 1.54) is 12.5 Å². The van der Waals surface area contributed by atoms with Crippen LogP contribution in [0.4, 0.5) is 0 Å². The maximum Gasteiger partial charge on any atom is 0.246 e. The van der Waals surface area contributed by atoms with Crippen molar-refractivity contribution in [3.63, 3.8) is 0 Å². The minimum absolute atomic E-state index is 0.0903. The maximum absolute atomic E-state index is 12.6. The van der Waals surface area contributed by atoms with Crippen LogP contribution in [0.2, 0.25) is 10.0 Å². The van der Waals surface area contributed by atoms with Gasteiger partial charge in [-0.3, -0.25) is 9.59 Å². The van der Waals surface area contributed by atoms with E-state index in [4.69, 9.17) is 23.2 Å². The molecule has 6 nitrogen and oxygen atoms in total. The van der Waals surface area contributed by atoms with Crippen LogP contribution in [0.25, 0.3) is 6.08 Å².